The number of nitro benzene ring substituents is 1. The number of amides is 1. The lowest BCUT2D eigenvalue weighted by atomic mass is 10.2. The largest absolute Gasteiger partial charge is 0.378 e. The molecule has 2 rings (SSSR count). The Morgan fingerprint density at radius 2 is 1.83 bits per heavy atom. The number of nitrogens with one attached hydrogen (secondary N) is 2. The SMILES string of the molecule is O=C(/C=C/c1ccccc1F)NCCNc1ccccc1[N+](=O)[O-]. The van der Waals surface area contributed by atoms with Crippen molar-refractivity contribution in [3.8, 4) is 0 Å². The predicted octanol–water partition coefficient (Wildman–Crippen LogP) is 2.98. The molecule has 0 radical (unpaired) electrons. The fourth-order valence-electron chi connectivity index (χ4n) is 2.00. The maximum atomic E-state index is 13.4. The lowest BCUT2D eigenvalue weighted by molar-refractivity contribution is -0.384. The van der Waals surface area contributed by atoms with E-state index in [4.69, 9.17) is 0 Å². The van der Waals surface area contributed by atoms with Crippen molar-refractivity contribution < 1.29 is 14.1 Å². The third kappa shape index (κ3) is 4.91. The number of nitrogens with zero attached hydrogens (tertiary/aromatic N) is 1. The molecule has 0 saturated heterocycles. The van der Waals surface area contributed by atoms with Crippen LogP contribution in [-0.4, -0.2) is 23.9 Å². The van der Waals surface area contributed by atoms with Gasteiger partial charge in [-0.05, 0) is 18.2 Å². The van der Waals surface area contributed by atoms with Crippen molar-refractivity contribution in [3.63, 3.8) is 0 Å². The number of anilines is 1. The molecule has 0 aromatic heterocycles. The number of benzene rings is 2. The molecule has 6 nitrogen and oxygen atoms in total. The average molecular weight is 329 g/mol. The molecule has 2 N–H and O–H groups in total. The van der Waals surface area contributed by atoms with Crippen molar-refractivity contribution in [2.75, 3.05) is 18.4 Å². The zero-order valence-electron chi connectivity index (χ0n) is 12.7. The van der Waals surface area contributed by atoms with Crippen LogP contribution in [0.5, 0.6) is 0 Å². The van der Waals surface area contributed by atoms with Crippen LogP contribution in [0.2, 0.25) is 0 Å². The molecular weight excluding hydrogens is 313 g/mol. The number of carbonyl (C=O) groups excluding carboxylic acids is 1. The fourth-order valence-corrected chi connectivity index (χ4v) is 2.00. The Kier molecular flexibility index (Phi) is 6.01. The number of hydrogen-bond donors (Lipinski definition) is 2. The average Bonchev–Trinajstić information content (AvgIpc) is 2.58. The zero-order chi connectivity index (χ0) is 17.4. The third-order valence-corrected chi connectivity index (χ3v) is 3.16. The first-order valence-electron chi connectivity index (χ1n) is 7.25. The molecule has 0 aliphatic rings. The van der Waals surface area contributed by atoms with Gasteiger partial charge in [-0.25, -0.2) is 4.39 Å². The molecule has 0 unspecified atom stereocenters. The fraction of sp³-hybridized carbons (Fsp3) is 0.118. The van der Waals surface area contributed by atoms with Crippen LogP contribution in [0.3, 0.4) is 0 Å². The smallest absolute Gasteiger partial charge is 0.292 e. The van der Waals surface area contributed by atoms with Crippen LogP contribution in [-0.2, 0) is 4.79 Å². The van der Waals surface area contributed by atoms with Gasteiger partial charge in [0, 0.05) is 30.8 Å². The van der Waals surface area contributed by atoms with Gasteiger partial charge in [0.2, 0.25) is 5.91 Å². The van der Waals surface area contributed by atoms with Gasteiger partial charge in [-0.3, -0.25) is 14.9 Å². The predicted molar refractivity (Wildman–Crippen MR) is 90.0 cm³/mol. The number of rotatable bonds is 7. The van der Waals surface area contributed by atoms with Gasteiger partial charge in [0.25, 0.3) is 5.69 Å². The van der Waals surface area contributed by atoms with Crippen molar-refractivity contribution in [2.24, 2.45) is 0 Å². The molecule has 0 spiro atoms. The molecule has 0 aliphatic heterocycles. The summed E-state index contributed by atoms with van der Waals surface area (Å²) >= 11 is 0. The second-order valence-electron chi connectivity index (χ2n) is 4.85. The minimum absolute atomic E-state index is 0.0247. The van der Waals surface area contributed by atoms with Crippen molar-refractivity contribution in [2.45, 2.75) is 0 Å². The van der Waals surface area contributed by atoms with Gasteiger partial charge in [-0.1, -0.05) is 30.3 Å². The lowest BCUT2D eigenvalue weighted by Gasteiger charge is -2.07. The van der Waals surface area contributed by atoms with Gasteiger partial charge in [-0.2, -0.15) is 0 Å². The zero-order valence-corrected chi connectivity index (χ0v) is 12.7. The van der Waals surface area contributed by atoms with Crippen molar-refractivity contribution >= 4 is 23.4 Å². The van der Waals surface area contributed by atoms with Crippen molar-refractivity contribution in [1.29, 1.82) is 0 Å². The Morgan fingerprint density at radius 3 is 2.58 bits per heavy atom. The first-order chi connectivity index (χ1) is 11.6. The molecule has 1 amide bonds. The Morgan fingerprint density at radius 1 is 1.12 bits per heavy atom. The van der Waals surface area contributed by atoms with Crippen LogP contribution < -0.4 is 10.6 Å². The number of nitro groups is 1. The summed E-state index contributed by atoms with van der Waals surface area (Å²) in [7, 11) is 0. The van der Waals surface area contributed by atoms with Crippen LogP contribution in [0, 0.1) is 15.9 Å². The quantitative estimate of drug-likeness (QED) is 0.354. The second-order valence-corrected chi connectivity index (χ2v) is 4.85. The van der Waals surface area contributed by atoms with Gasteiger partial charge in [0.15, 0.2) is 0 Å². The summed E-state index contributed by atoms with van der Waals surface area (Å²) in [6.45, 7) is 0.594. The van der Waals surface area contributed by atoms with E-state index in [2.05, 4.69) is 10.6 Å². The molecule has 2 aromatic carbocycles. The van der Waals surface area contributed by atoms with E-state index < -0.39 is 10.7 Å². The molecule has 7 heteroatoms. The summed E-state index contributed by atoms with van der Waals surface area (Å²) in [5.41, 5.74) is 0.688. The number of carbonyl (C=O) groups is 1. The van der Waals surface area contributed by atoms with E-state index in [1.165, 1.54) is 24.3 Å². The topological polar surface area (TPSA) is 84.3 Å². The Bertz CT molecular complexity index is 762. The summed E-state index contributed by atoms with van der Waals surface area (Å²) in [5.74, 6) is -0.776. The highest BCUT2D eigenvalue weighted by Crippen LogP contribution is 2.22. The number of para-hydroxylation sites is 2. The molecule has 0 atom stereocenters. The van der Waals surface area contributed by atoms with E-state index in [0.29, 0.717) is 17.8 Å². The van der Waals surface area contributed by atoms with Crippen molar-refractivity contribution in [1.82, 2.24) is 5.32 Å². The summed E-state index contributed by atoms with van der Waals surface area (Å²) in [6, 6.07) is 12.4. The third-order valence-electron chi connectivity index (χ3n) is 3.16. The highest BCUT2D eigenvalue weighted by Gasteiger charge is 2.11. The van der Waals surface area contributed by atoms with Gasteiger partial charge in [0.05, 0.1) is 4.92 Å². The highest BCUT2D eigenvalue weighted by molar-refractivity contribution is 5.91. The number of halogens is 1. The molecule has 0 saturated carbocycles. The standard InChI is InChI=1S/C17H16FN3O3/c18-14-6-2-1-5-13(14)9-10-17(22)20-12-11-19-15-7-3-4-8-16(15)21(23)24/h1-10,19H,11-12H2,(H,20,22)/b10-9+. The van der Waals surface area contributed by atoms with E-state index in [1.807, 2.05) is 0 Å². The van der Waals surface area contributed by atoms with Crippen LogP contribution >= 0.6 is 0 Å². The van der Waals surface area contributed by atoms with E-state index >= 15 is 0 Å². The Balaban J connectivity index is 1.79. The van der Waals surface area contributed by atoms with Gasteiger partial charge in [-0.15, -0.1) is 0 Å². The maximum absolute atomic E-state index is 13.4. The Labute approximate surface area is 138 Å². The Hall–Kier alpha value is -3.22. The molecule has 0 bridgehead atoms. The van der Waals surface area contributed by atoms with Crippen LogP contribution in [0.25, 0.3) is 6.08 Å². The lowest BCUT2D eigenvalue weighted by Crippen LogP contribution is -2.27. The van der Waals surface area contributed by atoms with Gasteiger partial charge < -0.3 is 10.6 Å². The molecule has 24 heavy (non-hydrogen) atoms. The highest BCUT2D eigenvalue weighted by atomic mass is 19.1. The maximum Gasteiger partial charge on any atom is 0.292 e. The molecule has 0 aliphatic carbocycles. The van der Waals surface area contributed by atoms with E-state index in [9.17, 15) is 19.3 Å². The molecular formula is C17H16FN3O3. The van der Waals surface area contributed by atoms with E-state index in [0.717, 1.165) is 0 Å². The second kappa shape index (κ2) is 8.42. The van der Waals surface area contributed by atoms with Crippen molar-refractivity contribution in [3.05, 3.63) is 76.1 Å². The molecule has 124 valence electrons. The summed E-state index contributed by atoms with van der Waals surface area (Å²) in [6.07, 6.45) is 2.63. The molecule has 2 aromatic rings. The van der Waals surface area contributed by atoms with E-state index in [1.54, 1.807) is 36.4 Å². The number of hydrogen-bond acceptors (Lipinski definition) is 4. The van der Waals surface area contributed by atoms with Gasteiger partial charge >= 0.3 is 0 Å². The minimum atomic E-state index is -0.474. The normalized spacial score (nSPS) is 10.5. The molecule has 0 heterocycles. The summed E-state index contributed by atoms with van der Waals surface area (Å²) < 4.78 is 13.4. The van der Waals surface area contributed by atoms with Crippen LogP contribution in [0.4, 0.5) is 15.8 Å². The monoisotopic (exact) mass is 329 g/mol. The first-order valence-corrected chi connectivity index (χ1v) is 7.25. The van der Waals surface area contributed by atoms with Crippen LogP contribution in [0.15, 0.2) is 54.6 Å². The first kappa shape index (κ1) is 17.1. The van der Waals surface area contributed by atoms with Crippen LogP contribution in [0.1, 0.15) is 5.56 Å². The van der Waals surface area contributed by atoms with Gasteiger partial charge in [0.1, 0.15) is 11.5 Å². The molecule has 0 fully saturated rings. The van der Waals surface area contributed by atoms with E-state index in [-0.39, 0.29) is 18.1 Å². The summed E-state index contributed by atoms with van der Waals surface area (Å²) in [5, 5.41) is 16.4. The summed E-state index contributed by atoms with van der Waals surface area (Å²) in [4.78, 5) is 22.0. The minimum Gasteiger partial charge on any atom is -0.378 e.